The van der Waals surface area contributed by atoms with E-state index in [1.165, 1.54) is 42.3 Å². The van der Waals surface area contributed by atoms with Gasteiger partial charge in [-0.3, -0.25) is 4.79 Å². The summed E-state index contributed by atoms with van der Waals surface area (Å²) in [5.74, 6) is -0.684. The largest absolute Gasteiger partial charge is 0.467 e. The fourth-order valence-corrected chi connectivity index (χ4v) is 4.87. The molecule has 1 aliphatic carbocycles. The molecule has 3 rings (SSSR count). The van der Waals surface area contributed by atoms with Crippen LogP contribution in [0.4, 0.5) is 4.39 Å². The summed E-state index contributed by atoms with van der Waals surface area (Å²) < 4.78 is 18.7. The van der Waals surface area contributed by atoms with E-state index in [0.717, 1.165) is 34.9 Å². The van der Waals surface area contributed by atoms with Crippen LogP contribution in [-0.2, 0) is 14.3 Å². The first kappa shape index (κ1) is 19.8. The third-order valence-electron chi connectivity index (χ3n) is 4.61. The molecule has 1 fully saturated rings. The van der Waals surface area contributed by atoms with Gasteiger partial charge in [-0.05, 0) is 37.1 Å². The molecule has 1 heterocycles. The van der Waals surface area contributed by atoms with Gasteiger partial charge in [-0.2, -0.15) is 0 Å². The lowest BCUT2D eigenvalue weighted by Crippen LogP contribution is -2.56. The molecule has 0 unspecified atom stereocenters. The van der Waals surface area contributed by atoms with E-state index in [0.29, 0.717) is 12.8 Å². The van der Waals surface area contributed by atoms with Crippen LogP contribution in [0.15, 0.2) is 34.0 Å². The van der Waals surface area contributed by atoms with Gasteiger partial charge in [-0.15, -0.1) is 11.3 Å². The lowest BCUT2D eigenvalue weighted by Gasteiger charge is -2.35. The summed E-state index contributed by atoms with van der Waals surface area (Å²) >= 11 is 2.76. The van der Waals surface area contributed by atoms with Gasteiger partial charge in [-0.25, -0.2) is 14.2 Å². The second-order valence-corrected chi connectivity index (χ2v) is 8.56. The van der Waals surface area contributed by atoms with Crippen LogP contribution in [-0.4, -0.2) is 35.3 Å². The van der Waals surface area contributed by atoms with Crippen molar-refractivity contribution in [2.24, 2.45) is 0 Å². The van der Waals surface area contributed by atoms with Crippen molar-refractivity contribution in [1.29, 1.82) is 0 Å². The number of aromatic nitrogens is 1. The standard InChI is InChI=1S/C19H21FN2O3S2/c1-25-17(24)19(9-3-2-4-10-19)22-16(23)12-27-18-21-15(11-26-18)13-5-7-14(20)8-6-13/h5-8,11H,2-4,9-10,12H2,1H3,(H,22,23). The molecule has 0 atom stereocenters. The number of benzene rings is 1. The van der Waals surface area contributed by atoms with Crippen LogP contribution in [0.1, 0.15) is 32.1 Å². The van der Waals surface area contributed by atoms with Crippen LogP contribution >= 0.6 is 23.1 Å². The summed E-state index contributed by atoms with van der Waals surface area (Å²) in [4.78, 5) is 29.1. The van der Waals surface area contributed by atoms with Gasteiger partial charge in [0.15, 0.2) is 4.34 Å². The van der Waals surface area contributed by atoms with Gasteiger partial charge in [-0.1, -0.05) is 31.0 Å². The molecule has 5 nitrogen and oxygen atoms in total. The monoisotopic (exact) mass is 408 g/mol. The maximum absolute atomic E-state index is 13.0. The Bertz CT molecular complexity index is 802. The third-order valence-corrected chi connectivity index (χ3v) is 6.63. The molecule has 27 heavy (non-hydrogen) atoms. The van der Waals surface area contributed by atoms with Crippen molar-refractivity contribution in [1.82, 2.24) is 10.3 Å². The van der Waals surface area contributed by atoms with Gasteiger partial charge in [0.05, 0.1) is 18.6 Å². The summed E-state index contributed by atoms with van der Waals surface area (Å²) in [7, 11) is 1.35. The molecular formula is C19H21FN2O3S2. The Morgan fingerprint density at radius 2 is 1.96 bits per heavy atom. The Hall–Kier alpha value is -1.93. The molecule has 1 aliphatic rings. The number of methoxy groups -OCH3 is 1. The smallest absolute Gasteiger partial charge is 0.331 e. The van der Waals surface area contributed by atoms with Crippen LogP contribution in [0.2, 0.25) is 0 Å². The Balaban J connectivity index is 1.59. The van der Waals surface area contributed by atoms with E-state index in [-0.39, 0.29) is 23.4 Å². The zero-order valence-electron chi connectivity index (χ0n) is 15.0. The van der Waals surface area contributed by atoms with Crippen LogP contribution in [0.25, 0.3) is 11.3 Å². The lowest BCUT2D eigenvalue weighted by molar-refractivity contribution is -0.152. The topological polar surface area (TPSA) is 68.3 Å². The molecule has 1 N–H and O–H groups in total. The number of esters is 1. The molecule has 8 heteroatoms. The van der Waals surface area contributed by atoms with Crippen LogP contribution in [0.5, 0.6) is 0 Å². The van der Waals surface area contributed by atoms with Gasteiger partial charge in [0.25, 0.3) is 0 Å². The molecule has 1 saturated carbocycles. The van der Waals surface area contributed by atoms with Gasteiger partial charge in [0, 0.05) is 10.9 Å². The molecule has 0 radical (unpaired) electrons. The highest BCUT2D eigenvalue weighted by atomic mass is 32.2. The molecule has 0 bridgehead atoms. The van der Waals surface area contributed by atoms with E-state index < -0.39 is 5.54 Å². The number of hydrogen-bond donors (Lipinski definition) is 1. The third kappa shape index (κ3) is 4.87. The number of amides is 1. The fraction of sp³-hybridized carbons (Fsp3) is 0.421. The number of thiazole rings is 1. The van der Waals surface area contributed by atoms with E-state index in [1.54, 1.807) is 12.1 Å². The minimum Gasteiger partial charge on any atom is -0.467 e. The van der Waals surface area contributed by atoms with Crippen molar-refractivity contribution < 1.29 is 18.7 Å². The number of ether oxygens (including phenoxy) is 1. The number of carbonyl (C=O) groups excluding carboxylic acids is 2. The molecule has 1 aromatic carbocycles. The first-order chi connectivity index (χ1) is 13.0. The zero-order valence-corrected chi connectivity index (χ0v) is 16.6. The van der Waals surface area contributed by atoms with E-state index in [4.69, 9.17) is 4.74 Å². The first-order valence-corrected chi connectivity index (χ1v) is 10.6. The molecule has 0 aliphatic heterocycles. The Morgan fingerprint density at radius 1 is 1.26 bits per heavy atom. The second-order valence-electron chi connectivity index (χ2n) is 6.48. The van der Waals surface area contributed by atoms with Gasteiger partial charge >= 0.3 is 5.97 Å². The Kier molecular flexibility index (Phi) is 6.49. The zero-order chi connectivity index (χ0) is 19.3. The fourth-order valence-electron chi connectivity index (χ4n) is 3.24. The highest BCUT2D eigenvalue weighted by Gasteiger charge is 2.41. The number of halogens is 1. The summed E-state index contributed by atoms with van der Waals surface area (Å²) in [6.07, 6.45) is 4.09. The van der Waals surface area contributed by atoms with Gasteiger partial charge in [0.1, 0.15) is 11.4 Å². The van der Waals surface area contributed by atoms with Crippen LogP contribution < -0.4 is 5.32 Å². The van der Waals surface area contributed by atoms with E-state index >= 15 is 0 Å². The van der Waals surface area contributed by atoms with Crippen LogP contribution in [0.3, 0.4) is 0 Å². The van der Waals surface area contributed by atoms with Crippen molar-refractivity contribution in [3.05, 3.63) is 35.5 Å². The quantitative estimate of drug-likeness (QED) is 0.577. The highest BCUT2D eigenvalue weighted by molar-refractivity contribution is 8.01. The SMILES string of the molecule is COC(=O)C1(NC(=O)CSc2nc(-c3ccc(F)cc3)cs2)CCCCC1. The average molecular weight is 409 g/mol. The van der Waals surface area contributed by atoms with E-state index in [2.05, 4.69) is 10.3 Å². The lowest BCUT2D eigenvalue weighted by atomic mass is 9.81. The number of nitrogens with zero attached hydrogens (tertiary/aromatic N) is 1. The number of nitrogens with one attached hydrogen (secondary N) is 1. The molecule has 0 saturated heterocycles. The molecule has 1 aromatic heterocycles. The summed E-state index contributed by atoms with van der Waals surface area (Å²) in [6, 6.07) is 6.14. The average Bonchev–Trinajstić information content (AvgIpc) is 3.16. The van der Waals surface area contributed by atoms with Crippen molar-refractivity contribution in [3.63, 3.8) is 0 Å². The van der Waals surface area contributed by atoms with Crippen molar-refractivity contribution in [2.45, 2.75) is 42.0 Å². The Morgan fingerprint density at radius 3 is 2.63 bits per heavy atom. The normalized spacial score (nSPS) is 15.9. The van der Waals surface area contributed by atoms with E-state index in [1.807, 2.05) is 5.38 Å². The predicted octanol–water partition coefficient (Wildman–Crippen LogP) is 4.03. The van der Waals surface area contributed by atoms with Gasteiger partial charge < -0.3 is 10.1 Å². The molecule has 2 aromatic rings. The van der Waals surface area contributed by atoms with Gasteiger partial charge in [0.2, 0.25) is 5.91 Å². The van der Waals surface area contributed by atoms with E-state index in [9.17, 15) is 14.0 Å². The summed E-state index contributed by atoms with van der Waals surface area (Å²) in [6.45, 7) is 0. The maximum atomic E-state index is 13.0. The molecule has 0 spiro atoms. The van der Waals surface area contributed by atoms with Crippen LogP contribution in [0, 0.1) is 5.82 Å². The number of rotatable bonds is 6. The molecule has 1 amide bonds. The number of hydrogen-bond acceptors (Lipinski definition) is 6. The molecular weight excluding hydrogens is 387 g/mol. The summed E-state index contributed by atoms with van der Waals surface area (Å²) in [5, 5.41) is 4.78. The van der Waals surface area contributed by atoms with Crippen molar-refractivity contribution in [2.75, 3.05) is 12.9 Å². The summed E-state index contributed by atoms with van der Waals surface area (Å²) in [5.41, 5.74) is 0.685. The first-order valence-electron chi connectivity index (χ1n) is 8.76. The molecule has 144 valence electrons. The Labute approximate surface area is 165 Å². The van der Waals surface area contributed by atoms with Crippen molar-refractivity contribution >= 4 is 35.0 Å². The number of carbonyl (C=O) groups is 2. The maximum Gasteiger partial charge on any atom is 0.331 e. The van der Waals surface area contributed by atoms with Crippen molar-refractivity contribution in [3.8, 4) is 11.3 Å². The predicted molar refractivity (Wildman–Crippen MR) is 104 cm³/mol. The highest BCUT2D eigenvalue weighted by Crippen LogP contribution is 2.31. The second kappa shape index (κ2) is 8.84. The minimum atomic E-state index is -0.896. The minimum absolute atomic E-state index is 0.176. The number of thioether (sulfide) groups is 1.